The van der Waals surface area contributed by atoms with Crippen LogP contribution in [-0.2, 0) is 6.54 Å². The molecule has 2 aromatic heterocycles. The van der Waals surface area contributed by atoms with Crippen molar-refractivity contribution in [2.75, 3.05) is 6.54 Å². The Hall–Kier alpha value is -1.42. The normalized spacial score (nSPS) is 13.2. The molecule has 0 aliphatic rings. The third-order valence-corrected chi connectivity index (χ3v) is 2.79. The maximum Gasteiger partial charge on any atom is 0.126 e. The fourth-order valence-corrected chi connectivity index (χ4v) is 2.06. The lowest BCUT2D eigenvalue weighted by Gasteiger charge is -2.13. The smallest absolute Gasteiger partial charge is 0.126 e. The highest BCUT2D eigenvalue weighted by molar-refractivity contribution is 5.74. The van der Waals surface area contributed by atoms with Gasteiger partial charge in [0, 0.05) is 12.7 Å². The molecule has 1 N–H and O–H groups in total. The Morgan fingerprint density at radius 1 is 1.44 bits per heavy atom. The molecule has 0 radical (unpaired) electrons. The number of hydrogen-bond donors (Lipinski definition) is 1. The SMILES string of the molecule is CCNC(C)c1nc2cnccc2n1CC. The van der Waals surface area contributed by atoms with Gasteiger partial charge in [0.25, 0.3) is 0 Å². The van der Waals surface area contributed by atoms with E-state index in [-0.39, 0.29) is 6.04 Å². The first-order valence-electron chi connectivity index (χ1n) is 5.81. The first-order chi connectivity index (χ1) is 7.77. The number of nitrogens with zero attached hydrogens (tertiary/aromatic N) is 3. The Kier molecular flexibility index (Phi) is 3.19. The molecule has 2 aromatic rings. The van der Waals surface area contributed by atoms with Gasteiger partial charge in [0.2, 0.25) is 0 Å². The van der Waals surface area contributed by atoms with Gasteiger partial charge in [-0.15, -0.1) is 0 Å². The molecule has 4 nitrogen and oxygen atoms in total. The Morgan fingerprint density at radius 2 is 2.25 bits per heavy atom. The number of imidazole rings is 1. The lowest BCUT2D eigenvalue weighted by atomic mass is 10.3. The minimum atomic E-state index is 0.275. The Labute approximate surface area is 95.7 Å². The standard InChI is InChI=1S/C12H18N4/c1-4-14-9(3)12-15-10-8-13-7-6-11(10)16(12)5-2/h6-9,14H,4-5H2,1-3H3. The van der Waals surface area contributed by atoms with Gasteiger partial charge in [-0.2, -0.15) is 0 Å². The first kappa shape index (κ1) is 11.1. The van der Waals surface area contributed by atoms with Crippen molar-refractivity contribution in [2.24, 2.45) is 0 Å². The van der Waals surface area contributed by atoms with Crippen LogP contribution in [0.4, 0.5) is 0 Å². The van der Waals surface area contributed by atoms with E-state index in [1.165, 1.54) is 0 Å². The highest BCUT2D eigenvalue weighted by Gasteiger charge is 2.14. The quantitative estimate of drug-likeness (QED) is 0.854. The second-order valence-electron chi connectivity index (χ2n) is 3.86. The Balaban J connectivity index is 2.51. The molecule has 16 heavy (non-hydrogen) atoms. The van der Waals surface area contributed by atoms with Gasteiger partial charge in [-0.3, -0.25) is 4.98 Å². The second kappa shape index (κ2) is 4.61. The van der Waals surface area contributed by atoms with Gasteiger partial charge in [0.1, 0.15) is 11.3 Å². The minimum absolute atomic E-state index is 0.275. The summed E-state index contributed by atoms with van der Waals surface area (Å²) in [6.45, 7) is 8.28. The van der Waals surface area contributed by atoms with Gasteiger partial charge < -0.3 is 9.88 Å². The highest BCUT2D eigenvalue weighted by Crippen LogP contribution is 2.19. The maximum atomic E-state index is 4.64. The molecule has 2 rings (SSSR count). The molecule has 0 aliphatic carbocycles. The minimum Gasteiger partial charge on any atom is -0.327 e. The molecule has 1 atom stereocenters. The van der Waals surface area contributed by atoms with E-state index in [1.807, 2.05) is 18.5 Å². The molecular weight excluding hydrogens is 200 g/mol. The summed E-state index contributed by atoms with van der Waals surface area (Å²) in [5.74, 6) is 1.09. The van der Waals surface area contributed by atoms with Crippen molar-refractivity contribution < 1.29 is 0 Å². The van der Waals surface area contributed by atoms with Gasteiger partial charge in [0.05, 0.1) is 17.8 Å². The molecule has 4 heteroatoms. The van der Waals surface area contributed by atoms with E-state index in [4.69, 9.17) is 0 Å². The summed E-state index contributed by atoms with van der Waals surface area (Å²) in [6, 6.07) is 2.30. The Bertz CT molecular complexity index is 475. The van der Waals surface area contributed by atoms with E-state index in [1.54, 1.807) is 0 Å². The topological polar surface area (TPSA) is 42.7 Å². The van der Waals surface area contributed by atoms with Crippen molar-refractivity contribution in [3.63, 3.8) is 0 Å². The third-order valence-electron chi connectivity index (χ3n) is 2.79. The van der Waals surface area contributed by atoms with Crippen LogP contribution < -0.4 is 5.32 Å². The van der Waals surface area contributed by atoms with Crippen molar-refractivity contribution >= 4 is 11.0 Å². The van der Waals surface area contributed by atoms with Crippen molar-refractivity contribution in [3.8, 4) is 0 Å². The molecule has 0 spiro atoms. The molecular formula is C12H18N4. The lowest BCUT2D eigenvalue weighted by Crippen LogP contribution is -2.21. The van der Waals surface area contributed by atoms with E-state index in [0.717, 1.165) is 29.9 Å². The third kappa shape index (κ3) is 1.80. The van der Waals surface area contributed by atoms with Crippen LogP contribution in [0.1, 0.15) is 32.6 Å². The summed E-state index contributed by atoms with van der Waals surface area (Å²) in [5.41, 5.74) is 2.14. The molecule has 1 unspecified atom stereocenters. The van der Waals surface area contributed by atoms with Crippen LogP contribution in [0.3, 0.4) is 0 Å². The summed E-state index contributed by atoms with van der Waals surface area (Å²) in [5, 5.41) is 3.39. The summed E-state index contributed by atoms with van der Waals surface area (Å²) in [7, 11) is 0. The van der Waals surface area contributed by atoms with Crippen LogP contribution in [-0.4, -0.2) is 21.1 Å². The first-order valence-corrected chi connectivity index (χ1v) is 5.81. The zero-order chi connectivity index (χ0) is 11.5. The van der Waals surface area contributed by atoms with E-state index in [2.05, 4.69) is 40.6 Å². The molecule has 0 aromatic carbocycles. The monoisotopic (exact) mass is 218 g/mol. The predicted molar refractivity (Wildman–Crippen MR) is 65.3 cm³/mol. The number of fused-ring (bicyclic) bond motifs is 1. The van der Waals surface area contributed by atoms with E-state index < -0.39 is 0 Å². The number of hydrogen-bond acceptors (Lipinski definition) is 3. The summed E-state index contributed by atoms with van der Waals surface area (Å²) >= 11 is 0. The Morgan fingerprint density at radius 3 is 2.94 bits per heavy atom. The van der Waals surface area contributed by atoms with Gasteiger partial charge in [0.15, 0.2) is 0 Å². The predicted octanol–water partition coefficient (Wildman–Crippen LogP) is 2.12. The van der Waals surface area contributed by atoms with Crippen LogP contribution >= 0.6 is 0 Å². The fraction of sp³-hybridized carbons (Fsp3) is 0.500. The van der Waals surface area contributed by atoms with Gasteiger partial charge in [-0.25, -0.2) is 4.98 Å². The molecule has 0 bridgehead atoms. The molecule has 0 saturated carbocycles. The van der Waals surface area contributed by atoms with E-state index in [9.17, 15) is 0 Å². The molecule has 0 saturated heterocycles. The number of aryl methyl sites for hydroxylation is 1. The van der Waals surface area contributed by atoms with Crippen LogP contribution in [0.15, 0.2) is 18.5 Å². The number of rotatable bonds is 4. The zero-order valence-corrected chi connectivity index (χ0v) is 10.1. The average Bonchev–Trinajstić information content (AvgIpc) is 2.67. The maximum absolute atomic E-state index is 4.64. The van der Waals surface area contributed by atoms with Crippen LogP contribution in [0.2, 0.25) is 0 Å². The summed E-state index contributed by atoms with van der Waals surface area (Å²) in [4.78, 5) is 8.75. The van der Waals surface area contributed by atoms with Gasteiger partial charge in [-0.1, -0.05) is 6.92 Å². The molecule has 0 fully saturated rings. The highest BCUT2D eigenvalue weighted by atomic mass is 15.1. The molecule has 86 valence electrons. The summed E-state index contributed by atoms with van der Waals surface area (Å²) < 4.78 is 2.24. The molecule has 2 heterocycles. The van der Waals surface area contributed by atoms with E-state index in [0.29, 0.717) is 0 Å². The van der Waals surface area contributed by atoms with Crippen molar-refractivity contribution in [1.82, 2.24) is 19.9 Å². The molecule has 0 aliphatic heterocycles. The van der Waals surface area contributed by atoms with Crippen molar-refractivity contribution in [2.45, 2.75) is 33.4 Å². The van der Waals surface area contributed by atoms with Crippen molar-refractivity contribution in [3.05, 3.63) is 24.3 Å². The number of pyridine rings is 1. The summed E-state index contributed by atoms with van der Waals surface area (Å²) in [6.07, 6.45) is 3.64. The second-order valence-corrected chi connectivity index (χ2v) is 3.86. The van der Waals surface area contributed by atoms with Crippen LogP contribution in [0, 0.1) is 0 Å². The number of aromatic nitrogens is 3. The molecule has 0 amide bonds. The number of nitrogens with one attached hydrogen (secondary N) is 1. The van der Waals surface area contributed by atoms with E-state index >= 15 is 0 Å². The lowest BCUT2D eigenvalue weighted by molar-refractivity contribution is 0.538. The van der Waals surface area contributed by atoms with Gasteiger partial charge in [-0.05, 0) is 26.5 Å². The van der Waals surface area contributed by atoms with Crippen molar-refractivity contribution in [1.29, 1.82) is 0 Å². The fourth-order valence-electron chi connectivity index (χ4n) is 2.06. The van der Waals surface area contributed by atoms with Crippen LogP contribution in [0.25, 0.3) is 11.0 Å². The average molecular weight is 218 g/mol. The van der Waals surface area contributed by atoms with Gasteiger partial charge >= 0.3 is 0 Å². The zero-order valence-electron chi connectivity index (χ0n) is 10.1. The largest absolute Gasteiger partial charge is 0.327 e. The van der Waals surface area contributed by atoms with Crippen LogP contribution in [0.5, 0.6) is 0 Å².